The maximum Gasteiger partial charge on any atom is 0.360 e. The van der Waals surface area contributed by atoms with Crippen molar-refractivity contribution in [3.63, 3.8) is 0 Å². The monoisotopic (exact) mass is 140 g/mol. The summed E-state index contributed by atoms with van der Waals surface area (Å²) in [6.07, 6.45) is 1.26. The van der Waals surface area contributed by atoms with Crippen LogP contribution in [0, 0.1) is 0 Å². The van der Waals surface area contributed by atoms with E-state index in [1.54, 1.807) is 0 Å². The first-order chi connectivity index (χ1) is 4.75. The third kappa shape index (κ3) is 0.883. The van der Waals surface area contributed by atoms with Gasteiger partial charge in [-0.15, -0.1) is 0 Å². The largest absolute Gasteiger partial charge is 0.476 e. The molecule has 0 aromatic carbocycles. The highest BCUT2D eigenvalue weighted by Crippen LogP contribution is 2.02. The van der Waals surface area contributed by atoms with E-state index in [-0.39, 0.29) is 11.4 Å². The van der Waals surface area contributed by atoms with Crippen molar-refractivity contribution in [3.8, 4) is 0 Å². The Morgan fingerprint density at radius 2 is 2.40 bits per heavy atom. The predicted octanol–water partition coefficient (Wildman–Crippen LogP) is 0.411. The van der Waals surface area contributed by atoms with Crippen LogP contribution in [0.5, 0.6) is 0 Å². The maximum absolute atomic E-state index is 10.2. The standard InChI is InChI=1S/C5H4N2O3/c1-2-3-4(5(8)9)7-10-6-3/h2H,1H2,(H,8,9). The van der Waals surface area contributed by atoms with Gasteiger partial charge in [0.1, 0.15) is 5.69 Å². The number of hydrogen-bond donors (Lipinski definition) is 1. The molecule has 1 heterocycles. The number of nitrogens with zero attached hydrogens (tertiary/aromatic N) is 2. The molecule has 0 aliphatic heterocycles. The van der Waals surface area contributed by atoms with Crippen LogP contribution in [0.1, 0.15) is 16.2 Å². The molecule has 0 spiro atoms. The van der Waals surface area contributed by atoms with Crippen LogP contribution in [0.15, 0.2) is 11.2 Å². The molecule has 0 aliphatic carbocycles. The first-order valence-corrected chi connectivity index (χ1v) is 2.44. The highest BCUT2D eigenvalue weighted by atomic mass is 16.6. The number of carbonyl (C=O) groups is 1. The average Bonchev–Trinajstić information content (AvgIpc) is 2.33. The van der Waals surface area contributed by atoms with E-state index < -0.39 is 5.97 Å². The van der Waals surface area contributed by atoms with Gasteiger partial charge in [-0.1, -0.05) is 6.58 Å². The quantitative estimate of drug-likeness (QED) is 0.643. The summed E-state index contributed by atoms with van der Waals surface area (Å²) < 4.78 is 4.15. The van der Waals surface area contributed by atoms with Gasteiger partial charge in [-0.25, -0.2) is 9.42 Å². The fourth-order valence-corrected chi connectivity index (χ4v) is 0.478. The summed E-state index contributed by atoms with van der Waals surface area (Å²) in [5, 5.41) is 14.8. The van der Waals surface area contributed by atoms with Crippen molar-refractivity contribution >= 4 is 12.0 Å². The number of carboxylic acids is 1. The molecule has 5 nitrogen and oxygen atoms in total. The molecule has 1 N–H and O–H groups in total. The number of rotatable bonds is 2. The van der Waals surface area contributed by atoms with Crippen molar-refractivity contribution in [3.05, 3.63) is 18.0 Å². The Morgan fingerprint density at radius 3 is 2.80 bits per heavy atom. The minimum Gasteiger partial charge on any atom is -0.476 e. The Labute approximate surface area is 55.9 Å². The van der Waals surface area contributed by atoms with Gasteiger partial charge >= 0.3 is 5.97 Å². The molecule has 0 fully saturated rings. The van der Waals surface area contributed by atoms with E-state index in [2.05, 4.69) is 21.5 Å². The molecule has 5 heteroatoms. The maximum atomic E-state index is 10.2. The van der Waals surface area contributed by atoms with Crippen LogP contribution in [0.3, 0.4) is 0 Å². The first-order valence-electron chi connectivity index (χ1n) is 2.44. The average molecular weight is 140 g/mol. The second-order valence-electron chi connectivity index (χ2n) is 1.51. The molecule has 0 saturated carbocycles. The Bertz CT molecular complexity index is 266. The number of carboxylic acid groups (broad SMARTS) is 1. The number of hydrogen-bond acceptors (Lipinski definition) is 4. The van der Waals surface area contributed by atoms with E-state index >= 15 is 0 Å². The van der Waals surface area contributed by atoms with Gasteiger partial charge in [-0.3, -0.25) is 0 Å². The minimum absolute atomic E-state index is 0.146. The SMILES string of the molecule is C=Cc1nonc1C(=O)O. The van der Waals surface area contributed by atoms with Crippen molar-refractivity contribution in [2.45, 2.75) is 0 Å². The lowest BCUT2D eigenvalue weighted by molar-refractivity contribution is 0.0685. The molecule has 10 heavy (non-hydrogen) atoms. The molecule has 0 bridgehead atoms. The zero-order chi connectivity index (χ0) is 7.56. The Balaban J connectivity index is 3.13. The molecule has 0 aliphatic rings. The van der Waals surface area contributed by atoms with E-state index in [4.69, 9.17) is 5.11 Å². The van der Waals surface area contributed by atoms with Crippen LogP contribution >= 0.6 is 0 Å². The normalized spacial score (nSPS) is 9.20. The number of aromatic carboxylic acids is 1. The summed E-state index contributed by atoms with van der Waals surface area (Å²) in [6, 6.07) is 0. The summed E-state index contributed by atoms with van der Waals surface area (Å²) in [4.78, 5) is 10.2. The van der Waals surface area contributed by atoms with Gasteiger partial charge in [0.15, 0.2) is 0 Å². The highest BCUT2D eigenvalue weighted by Gasteiger charge is 2.13. The van der Waals surface area contributed by atoms with Crippen LogP contribution < -0.4 is 0 Å². The van der Waals surface area contributed by atoms with Crippen molar-refractivity contribution in [1.29, 1.82) is 0 Å². The second-order valence-corrected chi connectivity index (χ2v) is 1.51. The van der Waals surface area contributed by atoms with Crippen LogP contribution in [0.2, 0.25) is 0 Å². The molecule has 0 atom stereocenters. The van der Waals surface area contributed by atoms with Crippen molar-refractivity contribution in [1.82, 2.24) is 10.3 Å². The lowest BCUT2D eigenvalue weighted by atomic mass is 10.3. The molecule has 0 unspecified atom stereocenters. The summed E-state index contributed by atoms with van der Waals surface area (Å²) in [7, 11) is 0. The van der Waals surface area contributed by atoms with Crippen molar-refractivity contribution in [2.24, 2.45) is 0 Å². The first kappa shape index (κ1) is 6.47. The smallest absolute Gasteiger partial charge is 0.360 e. The van der Waals surface area contributed by atoms with E-state index in [0.717, 1.165) is 0 Å². The van der Waals surface area contributed by atoms with Crippen LogP contribution in [-0.2, 0) is 0 Å². The summed E-state index contributed by atoms with van der Waals surface area (Å²) >= 11 is 0. The second kappa shape index (κ2) is 2.30. The fraction of sp³-hybridized carbons (Fsp3) is 0. The molecule has 0 radical (unpaired) electrons. The Morgan fingerprint density at radius 1 is 1.70 bits per heavy atom. The minimum atomic E-state index is -1.17. The van der Waals surface area contributed by atoms with Gasteiger partial charge in [-0.05, 0) is 16.4 Å². The highest BCUT2D eigenvalue weighted by molar-refractivity contribution is 5.88. The fourth-order valence-electron chi connectivity index (χ4n) is 0.478. The summed E-state index contributed by atoms with van der Waals surface area (Å²) in [5.74, 6) is -1.17. The topological polar surface area (TPSA) is 76.2 Å². The van der Waals surface area contributed by atoms with Crippen LogP contribution in [-0.4, -0.2) is 21.4 Å². The Kier molecular flexibility index (Phi) is 1.49. The molecule has 1 aromatic heterocycles. The molecule has 1 aromatic rings. The molecule has 0 amide bonds. The van der Waals surface area contributed by atoms with Gasteiger partial charge in [-0.2, -0.15) is 0 Å². The van der Waals surface area contributed by atoms with Crippen molar-refractivity contribution < 1.29 is 14.5 Å². The molecule has 1 rings (SSSR count). The van der Waals surface area contributed by atoms with Crippen LogP contribution in [0.25, 0.3) is 6.08 Å². The molecular weight excluding hydrogens is 136 g/mol. The van der Waals surface area contributed by atoms with Gasteiger partial charge in [0.25, 0.3) is 0 Å². The number of aromatic nitrogens is 2. The van der Waals surface area contributed by atoms with Gasteiger partial charge in [0.2, 0.25) is 5.69 Å². The Hall–Kier alpha value is -1.65. The molecule has 0 saturated heterocycles. The van der Waals surface area contributed by atoms with E-state index in [0.29, 0.717) is 0 Å². The summed E-state index contributed by atoms with van der Waals surface area (Å²) in [6.45, 7) is 3.32. The van der Waals surface area contributed by atoms with Gasteiger partial charge in [0.05, 0.1) is 0 Å². The summed E-state index contributed by atoms with van der Waals surface area (Å²) in [5.41, 5.74) is -0.0671. The zero-order valence-corrected chi connectivity index (χ0v) is 4.94. The predicted molar refractivity (Wildman–Crippen MR) is 31.3 cm³/mol. The van der Waals surface area contributed by atoms with Crippen LogP contribution in [0.4, 0.5) is 0 Å². The van der Waals surface area contributed by atoms with E-state index in [1.807, 2.05) is 0 Å². The van der Waals surface area contributed by atoms with E-state index in [1.165, 1.54) is 6.08 Å². The van der Waals surface area contributed by atoms with Crippen molar-refractivity contribution in [2.75, 3.05) is 0 Å². The van der Waals surface area contributed by atoms with E-state index in [9.17, 15) is 4.79 Å². The van der Waals surface area contributed by atoms with Gasteiger partial charge < -0.3 is 5.11 Å². The van der Waals surface area contributed by atoms with Gasteiger partial charge in [0, 0.05) is 0 Å². The zero-order valence-electron chi connectivity index (χ0n) is 4.94. The third-order valence-electron chi connectivity index (χ3n) is 0.910. The lowest BCUT2D eigenvalue weighted by Gasteiger charge is -1.81. The lowest BCUT2D eigenvalue weighted by Crippen LogP contribution is -1.98. The molecule has 52 valence electrons. The molecular formula is C5H4N2O3. The third-order valence-corrected chi connectivity index (χ3v) is 0.910.